The van der Waals surface area contributed by atoms with Gasteiger partial charge in [-0.1, -0.05) is 117 Å². The topological polar surface area (TPSA) is 0 Å². The van der Waals surface area contributed by atoms with Crippen LogP contribution in [0.5, 0.6) is 0 Å². The molecule has 1 aliphatic rings. The summed E-state index contributed by atoms with van der Waals surface area (Å²) in [5.74, 6) is 0. The van der Waals surface area contributed by atoms with E-state index < -0.39 is 0 Å². The highest BCUT2D eigenvalue weighted by Gasteiger charge is 2.34. The number of aryl methyl sites for hydroxylation is 2. The zero-order chi connectivity index (χ0) is 24.9. The van der Waals surface area contributed by atoms with E-state index in [4.69, 9.17) is 0 Å². The highest BCUT2D eigenvalue weighted by atomic mass is 14.4. The second-order valence-corrected chi connectivity index (χ2v) is 10.8. The van der Waals surface area contributed by atoms with Gasteiger partial charge in [0.25, 0.3) is 0 Å². The van der Waals surface area contributed by atoms with Crippen molar-refractivity contribution >= 4 is 0 Å². The van der Waals surface area contributed by atoms with Gasteiger partial charge in [0.2, 0.25) is 0 Å². The molecule has 0 bridgehead atoms. The van der Waals surface area contributed by atoms with E-state index in [0.29, 0.717) is 0 Å². The van der Waals surface area contributed by atoms with E-state index in [1.165, 1.54) is 66.8 Å². The molecule has 0 radical (unpaired) electrons. The van der Waals surface area contributed by atoms with Gasteiger partial charge < -0.3 is 0 Å². The van der Waals surface area contributed by atoms with Crippen molar-refractivity contribution in [3.63, 3.8) is 0 Å². The third kappa shape index (κ3) is 3.78. The lowest BCUT2D eigenvalue weighted by molar-refractivity contribution is 0.660. The highest BCUT2D eigenvalue weighted by Crippen LogP contribution is 2.48. The van der Waals surface area contributed by atoms with Gasteiger partial charge in [-0.3, -0.25) is 0 Å². The standard InChI is InChI=1S/C36H32/c1-24-9-5-6-10-30(24)32-23-29(17-13-25(32)2)28-18-14-26(15-19-28)21-27-16-20-35-33(22-27)31-11-7-8-12-34(31)36(35,3)4/h5-20,22-23H,21H2,1-4H3. The summed E-state index contributed by atoms with van der Waals surface area (Å²) in [6, 6.07) is 40.5. The van der Waals surface area contributed by atoms with Crippen LogP contribution in [0.2, 0.25) is 0 Å². The van der Waals surface area contributed by atoms with Crippen molar-refractivity contribution < 1.29 is 0 Å². The lowest BCUT2D eigenvalue weighted by Crippen LogP contribution is -2.14. The first kappa shape index (κ1) is 22.6. The van der Waals surface area contributed by atoms with Crippen LogP contribution in [-0.4, -0.2) is 0 Å². The third-order valence-electron chi connectivity index (χ3n) is 8.02. The lowest BCUT2D eigenvalue weighted by Gasteiger charge is -2.21. The predicted molar refractivity (Wildman–Crippen MR) is 154 cm³/mol. The minimum atomic E-state index is 0.0668. The van der Waals surface area contributed by atoms with Gasteiger partial charge in [0.1, 0.15) is 0 Å². The molecule has 1 aliphatic carbocycles. The van der Waals surface area contributed by atoms with Crippen molar-refractivity contribution in [2.75, 3.05) is 0 Å². The Morgan fingerprint density at radius 3 is 1.86 bits per heavy atom. The molecule has 36 heavy (non-hydrogen) atoms. The van der Waals surface area contributed by atoms with E-state index in [1.807, 2.05) is 0 Å². The summed E-state index contributed by atoms with van der Waals surface area (Å²) >= 11 is 0. The van der Waals surface area contributed by atoms with Crippen LogP contribution in [-0.2, 0) is 11.8 Å². The summed E-state index contributed by atoms with van der Waals surface area (Å²) < 4.78 is 0. The van der Waals surface area contributed by atoms with Gasteiger partial charge in [-0.25, -0.2) is 0 Å². The van der Waals surface area contributed by atoms with Gasteiger partial charge in [0, 0.05) is 5.41 Å². The van der Waals surface area contributed by atoms with Crippen LogP contribution in [0.25, 0.3) is 33.4 Å². The zero-order valence-electron chi connectivity index (χ0n) is 21.6. The summed E-state index contributed by atoms with van der Waals surface area (Å²) in [5.41, 5.74) is 16.2. The number of hydrogen-bond acceptors (Lipinski definition) is 0. The summed E-state index contributed by atoms with van der Waals surface area (Å²) in [4.78, 5) is 0. The maximum absolute atomic E-state index is 2.41. The Hall–Kier alpha value is -3.90. The second-order valence-electron chi connectivity index (χ2n) is 10.8. The Bertz CT molecular complexity index is 1580. The summed E-state index contributed by atoms with van der Waals surface area (Å²) in [6.07, 6.45) is 0.943. The Balaban J connectivity index is 1.28. The molecule has 0 atom stereocenters. The van der Waals surface area contributed by atoms with Gasteiger partial charge in [-0.2, -0.15) is 0 Å². The van der Waals surface area contributed by atoms with Crippen molar-refractivity contribution in [3.05, 3.63) is 143 Å². The fourth-order valence-electron chi connectivity index (χ4n) is 5.89. The number of benzene rings is 5. The third-order valence-corrected chi connectivity index (χ3v) is 8.02. The molecular weight excluding hydrogens is 432 g/mol. The number of fused-ring (bicyclic) bond motifs is 3. The molecule has 0 aromatic heterocycles. The molecule has 0 spiro atoms. The number of rotatable bonds is 4. The van der Waals surface area contributed by atoms with E-state index in [0.717, 1.165) is 6.42 Å². The van der Waals surface area contributed by atoms with Crippen LogP contribution in [0.15, 0.2) is 109 Å². The molecule has 0 heteroatoms. The fourth-order valence-corrected chi connectivity index (χ4v) is 5.89. The molecule has 0 aliphatic heterocycles. The van der Waals surface area contributed by atoms with E-state index in [2.05, 4.69) is 137 Å². The first-order valence-electron chi connectivity index (χ1n) is 12.9. The minimum Gasteiger partial charge on any atom is -0.0620 e. The molecule has 0 amide bonds. The van der Waals surface area contributed by atoms with Gasteiger partial charge in [-0.15, -0.1) is 0 Å². The quantitative estimate of drug-likeness (QED) is 0.248. The monoisotopic (exact) mass is 464 g/mol. The molecule has 0 unspecified atom stereocenters. The van der Waals surface area contributed by atoms with Gasteiger partial charge in [0.05, 0.1) is 0 Å². The van der Waals surface area contributed by atoms with Crippen molar-refractivity contribution in [3.8, 4) is 33.4 Å². The Kier molecular flexibility index (Phi) is 5.41. The normalized spacial score (nSPS) is 13.3. The van der Waals surface area contributed by atoms with E-state index >= 15 is 0 Å². The molecule has 0 nitrogen and oxygen atoms in total. The Morgan fingerprint density at radius 1 is 0.472 bits per heavy atom. The maximum atomic E-state index is 2.41. The van der Waals surface area contributed by atoms with Crippen LogP contribution in [0.3, 0.4) is 0 Å². The molecule has 176 valence electrons. The molecule has 5 aromatic rings. The minimum absolute atomic E-state index is 0.0668. The second kappa shape index (κ2) is 8.64. The van der Waals surface area contributed by atoms with Crippen LogP contribution in [0.1, 0.15) is 47.2 Å². The SMILES string of the molecule is Cc1ccccc1-c1cc(-c2ccc(Cc3ccc4c(c3)-c3ccccc3C4(C)C)cc2)ccc1C. The van der Waals surface area contributed by atoms with E-state index in [-0.39, 0.29) is 5.41 Å². The summed E-state index contributed by atoms with van der Waals surface area (Å²) in [5, 5.41) is 0. The highest BCUT2D eigenvalue weighted by molar-refractivity contribution is 5.81. The summed E-state index contributed by atoms with van der Waals surface area (Å²) in [7, 11) is 0. The predicted octanol–water partition coefficient (Wildman–Crippen LogP) is 9.53. The Morgan fingerprint density at radius 2 is 1.08 bits per heavy atom. The van der Waals surface area contributed by atoms with Gasteiger partial charge in [-0.05, 0) is 93.1 Å². The molecule has 0 fully saturated rings. The molecule has 5 aromatic carbocycles. The van der Waals surface area contributed by atoms with Crippen molar-refractivity contribution in [1.29, 1.82) is 0 Å². The molecule has 0 saturated carbocycles. The average Bonchev–Trinajstić information content (AvgIpc) is 3.12. The fraction of sp³-hybridized carbons (Fsp3) is 0.167. The molecule has 6 rings (SSSR count). The first-order valence-corrected chi connectivity index (χ1v) is 12.9. The van der Waals surface area contributed by atoms with Crippen molar-refractivity contribution in [2.45, 2.75) is 39.5 Å². The number of hydrogen-bond donors (Lipinski definition) is 0. The van der Waals surface area contributed by atoms with E-state index in [9.17, 15) is 0 Å². The van der Waals surface area contributed by atoms with Gasteiger partial charge in [0.15, 0.2) is 0 Å². The molecule has 0 heterocycles. The first-order chi connectivity index (χ1) is 17.4. The maximum Gasteiger partial charge on any atom is 0.0158 e. The van der Waals surface area contributed by atoms with Crippen LogP contribution >= 0.6 is 0 Å². The zero-order valence-corrected chi connectivity index (χ0v) is 21.6. The van der Waals surface area contributed by atoms with Crippen molar-refractivity contribution in [1.82, 2.24) is 0 Å². The van der Waals surface area contributed by atoms with Crippen LogP contribution in [0.4, 0.5) is 0 Å². The lowest BCUT2D eigenvalue weighted by atomic mass is 9.82. The molecular formula is C36H32. The molecule has 0 N–H and O–H groups in total. The van der Waals surface area contributed by atoms with Crippen LogP contribution in [0, 0.1) is 13.8 Å². The van der Waals surface area contributed by atoms with E-state index in [1.54, 1.807) is 0 Å². The van der Waals surface area contributed by atoms with Crippen LogP contribution < -0.4 is 0 Å². The summed E-state index contributed by atoms with van der Waals surface area (Å²) in [6.45, 7) is 9.07. The largest absolute Gasteiger partial charge is 0.0620 e. The van der Waals surface area contributed by atoms with Gasteiger partial charge >= 0.3 is 0 Å². The smallest absolute Gasteiger partial charge is 0.0158 e. The Labute approximate surface area is 215 Å². The van der Waals surface area contributed by atoms with Crippen molar-refractivity contribution in [2.24, 2.45) is 0 Å². The average molecular weight is 465 g/mol. The molecule has 0 saturated heterocycles.